The zero-order valence-electron chi connectivity index (χ0n) is 33.3. The second-order valence-electron chi connectivity index (χ2n) is 16.5. The van der Waals surface area contributed by atoms with Gasteiger partial charge in [-0.05, 0) is 114 Å². The van der Waals surface area contributed by atoms with Gasteiger partial charge in [-0.15, -0.1) is 0 Å². The average molecular weight is 754 g/mol. The summed E-state index contributed by atoms with van der Waals surface area (Å²) in [5.74, 6) is 0. The van der Waals surface area contributed by atoms with Crippen molar-refractivity contribution in [3.05, 3.63) is 258 Å². The molecule has 0 bridgehead atoms. The highest BCUT2D eigenvalue weighted by Gasteiger charge is 2.46. The van der Waals surface area contributed by atoms with Gasteiger partial charge in [-0.1, -0.05) is 202 Å². The fourth-order valence-electron chi connectivity index (χ4n) is 10.3. The normalized spacial score (nSPS) is 13.9. The fraction of sp³-hybridized carbons (Fsp3) is 0.0690. The molecule has 9 aromatic rings. The summed E-state index contributed by atoms with van der Waals surface area (Å²) in [7, 11) is 0. The number of anilines is 3. The van der Waals surface area contributed by atoms with E-state index < -0.39 is 5.41 Å². The molecule has 59 heavy (non-hydrogen) atoms. The molecule has 2 aliphatic rings. The molecule has 0 unspecified atom stereocenters. The molecule has 0 saturated carbocycles. The van der Waals surface area contributed by atoms with E-state index in [1.165, 1.54) is 77.9 Å². The van der Waals surface area contributed by atoms with Crippen molar-refractivity contribution in [3.63, 3.8) is 0 Å². The first-order valence-electron chi connectivity index (χ1n) is 20.7. The first-order chi connectivity index (χ1) is 29.0. The quantitative estimate of drug-likeness (QED) is 0.157. The predicted octanol–water partition coefficient (Wildman–Crippen LogP) is 15.2. The molecular formula is C58H43N. The van der Waals surface area contributed by atoms with Crippen molar-refractivity contribution in [2.45, 2.75) is 24.7 Å². The molecule has 0 aliphatic heterocycles. The molecule has 1 nitrogen and oxygen atoms in total. The molecule has 0 N–H and O–H groups in total. The second kappa shape index (κ2) is 13.7. The van der Waals surface area contributed by atoms with Crippen molar-refractivity contribution in [1.29, 1.82) is 0 Å². The van der Waals surface area contributed by atoms with E-state index in [1.54, 1.807) is 0 Å². The van der Waals surface area contributed by atoms with Crippen LogP contribution in [0.15, 0.2) is 224 Å². The summed E-state index contributed by atoms with van der Waals surface area (Å²) in [5.41, 5.74) is 20.7. The van der Waals surface area contributed by atoms with Crippen LogP contribution in [0.2, 0.25) is 0 Å². The lowest BCUT2D eigenvalue weighted by atomic mass is 9.68. The largest absolute Gasteiger partial charge is 0.310 e. The number of benzene rings is 9. The van der Waals surface area contributed by atoms with Crippen LogP contribution in [0.25, 0.3) is 44.5 Å². The lowest BCUT2D eigenvalue weighted by Crippen LogP contribution is -2.28. The van der Waals surface area contributed by atoms with Gasteiger partial charge in [-0.3, -0.25) is 0 Å². The lowest BCUT2D eigenvalue weighted by molar-refractivity contribution is 0.660. The molecule has 0 spiro atoms. The minimum atomic E-state index is -0.456. The highest BCUT2D eigenvalue weighted by Crippen LogP contribution is 2.57. The monoisotopic (exact) mass is 753 g/mol. The standard InChI is InChI=1S/C58H43N/c1-57(2)53-31-16-14-29-49(53)51-35-33-46(39-56(51)57)59(44-26-18-21-41(37-44)48-28-13-12-27-47(48)40-19-6-3-7-20-40)45-34-36-55-52(38-45)50-30-15-17-32-54(50)58(55,42-22-8-4-9-23-42)43-24-10-5-11-25-43/h3-39H,1-2H3. The fourth-order valence-corrected chi connectivity index (χ4v) is 10.3. The van der Waals surface area contributed by atoms with Crippen LogP contribution in [0.3, 0.4) is 0 Å². The first kappa shape index (κ1) is 35.0. The van der Waals surface area contributed by atoms with Crippen LogP contribution in [0.5, 0.6) is 0 Å². The van der Waals surface area contributed by atoms with Gasteiger partial charge in [-0.2, -0.15) is 0 Å². The maximum atomic E-state index is 2.47. The molecule has 0 heterocycles. The van der Waals surface area contributed by atoms with Gasteiger partial charge in [0, 0.05) is 22.5 Å². The highest BCUT2D eigenvalue weighted by atomic mass is 15.1. The van der Waals surface area contributed by atoms with Gasteiger partial charge in [0.05, 0.1) is 5.41 Å². The van der Waals surface area contributed by atoms with E-state index in [4.69, 9.17) is 0 Å². The zero-order valence-corrected chi connectivity index (χ0v) is 33.3. The number of hydrogen-bond donors (Lipinski definition) is 0. The van der Waals surface area contributed by atoms with Gasteiger partial charge in [-0.25, -0.2) is 0 Å². The Bertz CT molecular complexity index is 2970. The summed E-state index contributed by atoms with van der Waals surface area (Å²) >= 11 is 0. The van der Waals surface area contributed by atoms with Crippen LogP contribution < -0.4 is 4.90 Å². The van der Waals surface area contributed by atoms with Gasteiger partial charge < -0.3 is 4.90 Å². The van der Waals surface area contributed by atoms with E-state index >= 15 is 0 Å². The molecule has 0 aromatic heterocycles. The molecule has 0 fully saturated rings. The number of rotatable bonds is 7. The van der Waals surface area contributed by atoms with Crippen molar-refractivity contribution in [2.24, 2.45) is 0 Å². The third-order valence-corrected chi connectivity index (χ3v) is 13.0. The SMILES string of the molecule is CC1(C)c2ccccc2-c2ccc(N(c3cccc(-c4ccccc4-c4ccccc4)c3)c3ccc4c(c3)-c3ccccc3C4(c3ccccc3)c3ccccc3)cc21. The minimum absolute atomic E-state index is 0.133. The van der Waals surface area contributed by atoms with Crippen LogP contribution in [0.1, 0.15) is 47.2 Å². The molecule has 0 amide bonds. The Morgan fingerprint density at radius 1 is 0.288 bits per heavy atom. The van der Waals surface area contributed by atoms with Crippen LogP contribution in [-0.2, 0) is 10.8 Å². The Kier molecular flexibility index (Phi) is 8.13. The first-order valence-corrected chi connectivity index (χ1v) is 20.7. The van der Waals surface area contributed by atoms with Crippen LogP contribution >= 0.6 is 0 Å². The minimum Gasteiger partial charge on any atom is -0.310 e. The molecule has 0 atom stereocenters. The van der Waals surface area contributed by atoms with Crippen molar-refractivity contribution < 1.29 is 0 Å². The second-order valence-corrected chi connectivity index (χ2v) is 16.5. The van der Waals surface area contributed by atoms with Crippen LogP contribution in [-0.4, -0.2) is 0 Å². The van der Waals surface area contributed by atoms with Crippen molar-refractivity contribution >= 4 is 17.1 Å². The van der Waals surface area contributed by atoms with Crippen molar-refractivity contribution in [2.75, 3.05) is 4.90 Å². The van der Waals surface area contributed by atoms with E-state index in [0.717, 1.165) is 17.1 Å². The van der Waals surface area contributed by atoms with E-state index in [9.17, 15) is 0 Å². The number of hydrogen-bond acceptors (Lipinski definition) is 1. The van der Waals surface area contributed by atoms with E-state index in [-0.39, 0.29) is 5.41 Å². The summed E-state index contributed by atoms with van der Waals surface area (Å²) in [6, 6.07) is 82.9. The van der Waals surface area contributed by atoms with Gasteiger partial charge in [0.25, 0.3) is 0 Å². The zero-order chi connectivity index (χ0) is 39.6. The average Bonchev–Trinajstić information content (AvgIpc) is 3.73. The molecule has 11 rings (SSSR count). The van der Waals surface area contributed by atoms with Gasteiger partial charge >= 0.3 is 0 Å². The Hall–Kier alpha value is -7.22. The van der Waals surface area contributed by atoms with Crippen LogP contribution in [0.4, 0.5) is 17.1 Å². The molecule has 280 valence electrons. The molecule has 1 heteroatoms. The van der Waals surface area contributed by atoms with Gasteiger partial charge in [0.2, 0.25) is 0 Å². The number of nitrogens with zero attached hydrogens (tertiary/aromatic N) is 1. The van der Waals surface area contributed by atoms with E-state index in [2.05, 4.69) is 243 Å². The predicted molar refractivity (Wildman–Crippen MR) is 247 cm³/mol. The van der Waals surface area contributed by atoms with E-state index in [1.807, 2.05) is 0 Å². The smallest absolute Gasteiger partial charge is 0.0713 e. The molecular weight excluding hydrogens is 711 g/mol. The van der Waals surface area contributed by atoms with E-state index in [0.29, 0.717) is 0 Å². The maximum Gasteiger partial charge on any atom is 0.0713 e. The van der Waals surface area contributed by atoms with Crippen LogP contribution in [0, 0.1) is 0 Å². The summed E-state index contributed by atoms with van der Waals surface area (Å²) in [4.78, 5) is 2.47. The van der Waals surface area contributed by atoms with Gasteiger partial charge in [0.1, 0.15) is 0 Å². The molecule has 2 aliphatic carbocycles. The third kappa shape index (κ3) is 5.39. The summed E-state index contributed by atoms with van der Waals surface area (Å²) < 4.78 is 0. The molecule has 9 aromatic carbocycles. The van der Waals surface area contributed by atoms with Crippen molar-refractivity contribution in [3.8, 4) is 44.5 Å². The third-order valence-electron chi connectivity index (χ3n) is 13.0. The molecule has 0 saturated heterocycles. The molecule has 0 radical (unpaired) electrons. The number of fused-ring (bicyclic) bond motifs is 6. The summed E-state index contributed by atoms with van der Waals surface area (Å²) in [5, 5.41) is 0. The Morgan fingerprint density at radius 3 is 1.42 bits per heavy atom. The Morgan fingerprint density at radius 2 is 0.746 bits per heavy atom. The lowest BCUT2D eigenvalue weighted by Gasteiger charge is -2.34. The topological polar surface area (TPSA) is 3.24 Å². The maximum absolute atomic E-state index is 2.47. The Labute approximate surface area is 347 Å². The van der Waals surface area contributed by atoms with Crippen molar-refractivity contribution in [1.82, 2.24) is 0 Å². The summed E-state index contributed by atoms with van der Waals surface area (Å²) in [6.45, 7) is 4.73. The van der Waals surface area contributed by atoms with Gasteiger partial charge in [0.15, 0.2) is 0 Å². The Balaban J connectivity index is 1.14. The summed E-state index contributed by atoms with van der Waals surface area (Å²) in [6.07, 6.45) is 0. The highest BCUT2D eigenvalue weighted by molar-refractivity contribution is 5.92.